The van der Waals surface area contributed by atoms with Crippen molar-refractivity contribution in [2.75, 3.05) is 32.4 Å². The first-order valence-electron chi connectivity index (χ1n) is 5.20. The summed E-state index contributed by atoms with van der Waals surface area (Å²) in [6.07, 6.45) is 3.26. The molecule has 0 aromatic carbocycles. The lowest BCUT2D eigenvalue weighted by atomic mass is 9.98. The van der Waals surface area contributed by atoms with Gasteiger partial charge in [-0.1, -0.05) is 6.92 Å². The van der Waals surface area contributed by atoms with E-state index in [-0.39, 0.29) is 0 Å². The van der Waals surface area contributed by atoms with E-state index in [0.717, 1.165) is 25.9 Å². The molecule has 0 aromatic heterocycles. The SMILES string of the molecule is CCNCC1CCN(S(C)(=O)=O)CC1. The van der Waals surface area contributed by atoms with Gasteiger partial charge in [0.05, 0.1) is 6.26 Å². The number of nitrogens with one attached hydrogen (secondary N) is 1. The Hall–Kier alpha value is -0.130. The number of hydrogen-bond acceptors (Lipinski definition) is 3. The molecule has 1 aliphatic heterocycles. The standard InChI is InChI=1S/C9H20N2O2S/c1-3-10-8-9-4-6-11(7-5-9)14(2,12)13/h9-10H,3-8H2,1-2H3. The lowest BCUT2D eigenvalue weighted by molar-refractivity contribution is 0.269. The lowest BCUT2D eigenvalue weighted by Crippen LogP contribution is -2.40. The van der Waals surface area contributed by atoms with Crippen molar-refractivity contribution in [2.24, 2.45) is 5.92 Å². The normalized spacial score (nSPS) is 21.3. The molecular formula is C9H20N2O2S. The average molecular weight is 220 g/mol. The quantitative estimate of drug-likeness (QED) is 0.740. The van der Waals surface area contributed by atoms with Crippen LogP contribution < -0.4 is 5.32 Å². The van der Waals surface area contributed by atoms with Crippen molar-refractivity contribution in [3.8, 4) is 0 Å². The Balaban J connectivity index is 2.31. The van der Waals surface area contributed by atoms with E-state index in [2.05, 4.69) is 12.2 Å². The highest BCUT2D eigenvalue weighted by molar-refractivity contribution is 7.88. The Bertz CT molecular complexity index is 256. The van der Waals surface area contributed by atoms with E-state index in [1.165, 1.54) is 6.26 Å². The van der Waals surface area contributed by atoms with Gasteiger partial charge in [0, 0.05) is 13.1 Å². The van der Waals surface area contributed by atoms with Gasteiger partial charge in [-0.3, -0.25) is 0 Å². The van der Waals surface area contributed by atoms with Crippen molar-refractivity contribution in [2.45, 2.75) is 19.8 Å². The number of piperidine rings is 1. The van der Waals surface area contributed by atoms with E-state index in [4.69, 9.17) is 0 Å². The molecule has 5 heteroatoms. The zero-order valence-electron chi connectivity index (χ0n) is 8.99. The second kappa shape index (κ2) is 5.09. The van der Waals surface area contributed by atoms with Crippen LogP contribution >= 0.6 is 0 Å². The molecule has 0 saturated carbocycles. The van der Waals surface area contributed by atoms with Crippen LogP contribution in [0.3, 0.4) is 0 Å². The second-order valence-electron chi connectivity index (χ2n) is 3.91. The van der Waals surface area contributed by atoms with Crippen molar-refractivity contribution >= 4 is 10.0 Å². The summed E-state index contributed by atoms with van der Waals surface area (Å²) in [4.78, 5) is 0. The fourth-order valence-electron chi connectivity index (χ4n) is 1.79. The molecule has 0 aliphatic carbocycles. The minimum Gasteiger partial charge on any atom is -0.317 e. The molecule has 0 aromatic rings. The minimum absolute atomic E-state index is 0.646. The summed E-state index contributed by atoms with van der Waals surface area (Å²) in [5.74, 6) is 0.646. The van der Waals surface area contributed by atoms with E-state index in [0.29, 0.717) is 19.0 Å². The van der Waals surface area contributed by atoms with E-state index >= 15 is 0 Å². The van der Waals surface area contributed by atoms with Gasteiger partial charge in [0.1, 0.15) is 0 Å². The zero-order valence-corrected chi connectivity index (χ0v) is 9.81. The highest BCUT2D eigenvalue weighted by Crippen LogP contribution is 2.18. The van der Waals surface area contributed by atoms with Gasteiger partial charge in [0.25, 0.3) is 0 Å². The predicted molar refractivity (Wildman–Crippen MR) is 57.7 cm³/mol. The summed E-state index contributed by atoms with van der Waals surface area (Å²) in [5, 5.41) is 3.30. The average Bonchev–Trinajstić information content (AvgIpc) is 2.14. The molecule has 0 radical (unpaired) electrons. The van der Waals surface area contributed by atoms with Gasteiger partial charge in [0.15, 0.2) is 0 Å². The second-order valence-corrected chi connectivity index (χ2v) is 5.90. The highest BCUT2D eigenvalue weighted by Gasteiger charge is 2.24. The summed E-state index contributed by atoms with van der Waals surface area (Å²) < 4.78 is 24.0. The summed E-state index contributed by atoms with van der Waals surface area (Å²) in [6, 6.07) is 0. The van der Waals surface area contributed by atoms with Crippen LogP contribution in [0.2, 0.25) is 0 Å². The fourth-order valence-corrected chi connectivity index (χ4v) is 2.67. The van der Waals surface area contributed by atoms with Crippen molar-refractivity contribution in [1.82, 2.24) is 9.62 Å². The van der Waals surface area contributed by atoms with Crippen LogP contribution in [0.15, 0.2) is 0 Å². The van der Waals surface area contributed by atoms with Crippen LogP contribution in [0.5, 0.6) is 0 Å². The Morgan fingerprint density at radius 3 is 2.36 bits per heavy atom. The van der Waals surface area contributed by atoms with Crippen molar-refractivity contribution in [3.63, 3.8) is 0 Å². The van der Waals surface area contributed by atoms with E-state index in [1.54, 1.807) is 4.31 Å². The van der Waals surface area contributed by atoms with Crippen molar-refractivity contribution < 1.29 is 8.42 Å². The first-order valence-corrected chi connectivity index (χ1v) is 7.04. The number of hydrogen-bond donors (Lipinski definition) is 1. The molecule has 1 fully saturated rings. The third-order valence-corrected chi connectivity index (χ3v) is 4.03. The highest BCUT2D eigenvalue weighted by atomic mass is 32.2. The molecule has 1 heterocycles. The number of rotatable bonds is 4. The van der Waals surface area contributed by atoms with Gasteiger partial charge in [-0.15, -0.1) is 0 Å². The van der Waals surface area contributed by atoms with Gasteiger partial charge < -0.3 is 5.32 Å². The number of nitrogens with zero attached hydrogens (tertiary/aromatic N) is 1. The summed E-state index contributed by atoms with van der Waals surface area (Å²) in [7, 11) is -2.96. The maximum Gasteiger partial charge on any atom is 0.211 e. The molecule has 1 N–H and O–H groups in total. The minimum atomic E-state index is -2.96. The van der Waals surface area contributed by atoms with E-state index in [1.807, 2.05) is 0 Å². The largest absolute Gasteiger partial charge is 0.317 e. The molecule has 0 amide bonds. The van der Waals surface area contributed by atoms with Gasteiger partial charge in [-0.05, 0) is 31.8 Å². The summed E-state index contributed by atoms with van der Waals surface area (Å²) in [5.41, 5.74) is 0. The van der Waals surface area contributed by atoms with Crippen LogP contribution in [-0.4, -0.2) is 45.2 Å². The maximum atomic E-state index is 11.2. The maximum absolute atomic E-state index is 11.2. The Labute approximate surface area is 86.7 Å². The van der Waals surface area contributed by atoms with Crippen LogP contribution in [-0.2, 0) is 10.0 Å². The molecule has 0 unspecified atom stereocenters. The summed E-state index contributed by atoms with van der Waals surface area (Å²) >= 11 is 0. The molecule has 0 atom stereocenters. The zero-order chi connectivity index (χ0) is 10.6. The van der Waals surface area contributed by atoms with Crippen LogP contribution in [0, 0.1) is 5.92 Å². The van der Waals surface area contributed by atoms with Crippen molar-refractivity contribution in [1.29, 1.82) is 0 Å². The molecule has 4 nitrogen and oxygen atoms in total. The van der Waals surface area contributed by atoms with Gasteiger partial charge in [0.2, 0.25) is 10.0 Å². The van der Waals surface area contributed by atoms with Crippen LogP contribution in [0.25, 0.3) is 0 Å². The van der Waals surface area contributed by atoms with Crippen molar-refractivity contribution in [3.05, 3.63) is 0 Å². The fraction of sp³-hybridized carbons (Fsp3) is 1.00. The monoisotopic (exact) mass is 220 g/mol. The molecule has 14 heavy (non-hydrogen) atoms. The van der Waals surface area contributed by atoms with Gasteiger partial charge in [-0.25, -0.2) is 12.7 Å². The molecule has 1 rings (SSSR count). The van der Waals surface area contributed by atoms with Crippen LogP contribution in [0.1, 0.15) is 19.8 Å². The third-order valence-electron chi connectivity index (χ3n) is 2.73. The van der Waals surface area contributed by atoms with Crippen LogP contribution in [0.4, 0.5) is 0 Å². The van der Waals surface area contributed by atoms with Gasteiger partial charge in [-0.2, -0.15) is 0 Å². The Morgan fingerprint density at radius 2 is 1.93 bits per heavy atom. The summed E-state index contributed by atoms with van der Waals surface area (Å²) in [6.45, 7) is 5.48. The molecule has 0 spiro atoms. The molecule has 1 saturated heterocycles. The topological polar surface area (TPSA) is 49.4 Å². The molecule has 0 bridgehead atoms. The lowest BCUT2D eigenvalue weighted by Gasteiger charge is -2.30. The molecular weight excluding hydrogens is 200 g/mol. The molecule has 1 aliphatic rings. The predicted octanol–water partition coefficient (Wildman–Crippen LogP) is 0.267. The Kier molecular flexibility index (Phi) is 4.34. The van der Waals surface area contributed by atoms with E-state index in [9.17, 15) is 8.42 Å². The number of sulfonamides is 1. The first-order chi connectivity index (χ1) is 6.54. The first kappa shape index (κ1) is 11.9. The smallest absolute Gasteiger partial charge is 0.211 e. The Morgan fingerprint density at radius 1 is 1.36 bits per heavy atom. The van der Waals surface area contributed by atoms with Gasteiger partial charge >= 0.3 is 0 Å². The van der Waals surface area contributed by atoms with E-state index < -0.39 is 10.0 Å². The third kappa shape index (κ3) is 3.55. The molecule has 84 valence electrons.